The zero-order chi connectivity index (χ0) is 22.2. The van der Waals surface area contributed by atoms with E-state index in [0.29, 0.717) is 17.0 Å². The van der Waals surface area contributed by atoms with Gasteiger partial charge in [0.2, 0.25) is 0 Å². The third-order valence-corrected chi connectivity index (χ3v) is 6.70. The topological polar surface area (TPSA) is 83.2 Å². The second-order valence-corrected chi connectivity index (χ2v) is 9.60. The van der Waals surface area contributed by atoms with Gasteiger partial charge in [-0.25, -0.2) is 13.4 Å². The Morgan fingerprint density at radius 1 is 1.03 bits per heavy atom. The Kier molecular flexibility index (Phi) is 5.69. The van der Waals surface area contributed by atoms with Gasteiger partial charge in [-0.3, -0.25) is 0 Å². The molecule has 2 aliphatic heterocycles. The van der Waals surface area contributed by atoms with Gasteiger partial charge in [0, 0.05) is 11.8 Å². The standard InChI is InChI=1S/C21H21F3N4O2S/c1-31(29,30)19-17(21(22,23)24)7-6-16(18(19)20-26-12-27-28-20)15-4-2-13(3-5-15)14-8-10-25-11-9-14/h2-7,14,25H,8-12H2,1H3. The fourth-order valence-electron chi connectivity index (χ4n) is 4.10. The number of amidine groups is 1. The molecule has 0 aromatic heterocycles. The highest BCUT2D eigenvalue weighted by Gasteiger charge is 2.39. The minimum atomic E-state index is -4.85. The van der Waals surface area contributed by atoms with E-state index in [4.69, 9.17) is 0 Å². The quantitative estimate of drug-likeness (QED) is 0.749. The minimum Gasteiger partial charge on any atom is -0.317 e. The highest BCUT2D eigenvalue weighted by Crippen LogP contribution is 2.41. The minimum absolute atomic E-state index is 0.0527. The fraction of sp³-hybridized carbons (Fsp3) is 0.381. The highest BCUT2D eigenvalue weighted by molar-refractivity contribution is 7.90. The third kappa shape index (κ3) is 4.40. The third-order valence-electron chi connectivity index (χ3n) is 5.54. The zero-order valence-electron chi connectivity index (χ0n) is 16.8. The van der Waals surface area contributed by atoms with Gasteiger partial charge in [-0.15, -0.1) is 5.11 Å². The van der Waals surface area contributed by atoms with Crippen LogP contribution in [0.1, 0.15) is 35.4 Å². The lowest BCUT2D eigenvalue weighted by Gasteiger charge is -2.23. The van der Waals surface area contributed by atoms with Gasteiger partial charge in [0.15, 0.2) is 22.3 Å². The molecule has 2 aromatic rings. The lowest BCUT2D eigenvalue weighted by Crippen LogP contribution is -2.26. The van der Waals surface area contributed by atoms with Crippen molar-refractivity contribution in [1.29, 1.82) is 0 Å². The first-order valence-electron chi connectivity index (χ1n) is 9.84. The van der Waals surface area contributed by atoms with Gasteiger partial charge in [0.1, 0.15) is 0 Å². The van der Waals surface area contributed by atoms with E-state index < -0.39 is 26.5 Å². The molecule has 1 N–H and O–H groups in total. The SMILES string of the molecule is CS(=O)(=O)c1c(C(F)(F)F)ccc(-c2ccc(C3CCNCC3)cc2)c1C1=NCN=N1. The highest BCUT2D eigenvalue weighted by atomic mass is 32.2. The molecule has 0 aliphatic carbocycles. The molecular formula is C21H21F3N4O2S. The molecule has 2 aliphatic rings. The number of rotatable bonds is 4. The summed E-state index contributed by atoms with van der Waals surface area (Å²) in [4.78, 5) is 3.21. The molecule has 0 atom stereocenters. The van der Waals surface area contributed by atoms with Crippen LogP contribution in [0.25, 0.3) is 11.1 Å². The molecule has 164 valence electrons. The Morgan fingerprint density at radius 3 is 2.26 bits per heavy atom. The number of nitrogens with one attached hydrogen (secondary N) is 1. The van der Waals surface area contributed by atoms with Crippen molar-refractivity contribution in [3.05, 3.63) is 53.1 Å². The Labute approximate surface area is 178 Å². The van der Waals surface area contributed by atoms with Gasteiger partial charge < -0.3 is 5.32 Å². The Bertz CT molecular complexity index is 1150. The van der Waals surface area contributed by atoms with E-state index >= 15 is 0 Å². The summed E-state index contributed by atoms with van der Waals surface area (Å²) in [6.07, 6.45) is -2.06. The molecule has 0 radical (unpaired) electrons. The smallest absolute Gasteiger partial charge is 0.317 e. The first-order chi connectivity index (χ1) is 14.7. The van der Waals surface area contributed by atoms with E-state index in [-0.39, 0.29) is 18.1 Å². The largest absolute Gasteiger partial charge is 0.417 e. The summed E-state index contributed by atoms with van der Waals surface area (Å²) in [6, 6.07) is 9.60. The van der Waals surface area contributed by atoms with Gasteiger partial charge in [0.05, 0.1) is 10.5 Å². The number of piperidine rings is 1. The van der Waals surface area contributed by atoms with Gasteiger partial charge in [0.25, 0.3) is 0 Å². The van der Waals surface area contributed by atoms with Crippen LogP contribution in [0.2, 0.25) is 0 Å². The molecule has 6 nitrogen and oxygen atoms in total. The number of nitrogens with zero attached hydrogens (tertiary/aromatic N) is 3. The Balaban J connectivity index is 1.89. The normalized spacial score (nSPS) is 17.7. The molecule has 2 aromatic carbocycles. The second-order valence-electron chi connectivity index (χ2n) is 7.65. The van der Waals surface area contributed by atoms with Crippen LogP contribution in [0.5, 0.6) is 0 Å². The fourth-order valence-corrected chi connectivity index (χ4v) is 5.26. The molecule has 0 unspecified atom stereocenters. The van der Waals surface area contributed by atoms with E-state index in [1.54, 1.807) is 0 Å². The summed E-state index contributed by atoms with van der Waals surface area (Å²) in [5.41, 5.74) is 0.680. The average Bonchev–Trinajstić information content (AvgIpc) is 3.27. The van der Waals surface area contributed by atoms with Crippen molar-refractivity contribution < 1.29 is 21.6 Å². The number of sulfone groups is 1. The van der Waals surface area contributed by atoms with E-state index in [1.807, 2.05) is 24.3 Å². The van der Waals surface area contributed by atoms with Crippen LogP contribution in [0.3, 0.4) is 0 Å². The molecule has 10 heteroatoms. The number of azo groups is 1. The molecular weight excluding hydrogens is 429 g/mol. The maximum atomic E-state index is 13.7. The molecule has 1 fully saturated rings. The van der Waals surface area contributed by atoms with Crippen LogP contribution in [-0.4, -0.2) is 40.3 Å². The predicted octanol–water partition coefficient (Wildman–Crippen LogP) is 4.41. The Morgan fingerprint density at radius 2 is 1.71 bits per heavy atom. The molecule has 0 bridgehead atoms. The molecule has 4 rings (SSSR count). The Hall–Kier alpha value is -2.59. The lowest BCUT2D eigenvalue weighted by molar-refractivity contribution is -0.139. The summed E-state index contributed by atoms with van der Waals surface area (Å²) in [7, 11) is -4.25. The molecule has 31 heavy (non-hydrogen) atoms. The van der Waals surface area contributed by atoms with Crippen molar-refractivity contribution in [2.75, 3.05) is 26.0 Å². The van der Waals surface area contributed by atoms with Gasteiger partial charge >= 0.3 is 6.18 Å². The van der Waals surface area contributed by atoms with Crippen LogP contribution in [0.4, 0.5) is 13.2 Å². The number of hydrogen-bond acceptors (Lipinski definition) is 6. The van der Waals surface area contributed by atoms with Crippen molar-refractivity contribution in [1.82, 2.24) is 5.32 Å². The van der Waals surface area contributed by atoms with Crippen LogP contribution in [0, 0.1) is 0 Å². The van der Waals surface area contributed by atoms with E-state index in [1.165, 1.54) is 6.07 Å². The molecule has 1 saturated heterocycles. The maximum absolute atomic E-state index is 13.7. The summed E-state index contributed by atoms with van der Waals surface area (Å²) in [5, 5.41) is 10.8. The van der Waals surface area contributed by atoms with Gasteiger partial charge in [-0.2, -0.15) is 18.3 Å². The van der Waals surface area contributed by atoms with E-state index in [2.05, 4.69) is 20.5 Å². The molecule has 0 saturated carbocycles. The summed E-state index contributed by atoms with van der Waals surface area (Å²) >= 11 is 0. The van der Waals surface area contributed by atoms with E-state index in [9.17, 15) is 21.6 Å². The van der Waals surface area contributed by atoms with Crippen molar-refractivity contribution >= 4 is 15.7 Å². The summed E-state index contributed by atoms with van der Waals surface area (Å²) < 4.78 is 66.0. The number of benzene rings is 2. The number of hydrogen-bond donors (Lipinski definition) is 1. The molecule has 2 heterocycles. The molecule has 0 spiro atoms. The first-order valence-corrected chi connectivity index (χ1v) is 11.7. The van der Waals surface area contributed by atoms with Crippen molar-refractivity contribution in [2.24, 2.45) is 15.2 Å². The first kappa shape index (κ1) is 21.6. The molecule has 0 amide bonds. The van der Waals surface area contributed by atoms with Crippen LogP contribution < -0.4 is 5.32 Å². The van der Waals surface area contributed by atoms with Crippen molar-refractivity contribution in [3.8, 4) is 11.1 Å². The monoisotopic (exact) mass is 450 g/mol. The average molecular weight is 450 g/mol. The van der Waals surface area contributed by atoms with Crippen molar-refractivity contribution in [3.63, 3.8) is 0 Å². The van der Waals surface area contributed by atoms with Gasteiger partial charge in [-0.05, 0) is 54.6 Å². The number of halogens is 3. The van der Waals surface area contributed by atoms with Crippen LogP contribution in [0.15, 0.2) is 56.5 Å². The second kappa shape index (κ2) is 8.16. The lowest BCUT2D eigenvalue weighted by atomic mass is 9.88. The number of alkyl halides is 3. The summed E-state index contributed by atoms with van der Waals surface area (Å²) in [5.74, 6) is 0.311. The van der Waals surface area contributed by atoms with Crippen LogP contribution in [-0.2, 0) is 16.0 Å². The van der Waals surface area contributed by atoms with Crippen LogP contribution >= 0.6 is 0 Å². The van der Waals surface area contributed by atoms with E-state index in [0.717, 1.165) is 43.8 Å². The summed E-state index contributed by atoms with van der Waals surface area (Å²) in [6.45, 7) is 1.83. The van der Waals surface area contributed by atoms with Gasteiger partial charge in [-0.1, -0.05) is 30.3 Å². The number of aliphatic imine (C=N–C) groups is 1. The maximum Gasteiger partial charge on any atom is 0.417 e. The zero-order valence-corrected chi connectivity index (χ0v) is 17.6. The predicted molar refractivity (Wildman–Crippen MR) is 111 cm³/mol. The van der Waals surface area contributed by atoms with Crippen molar-refractivity contribution in [2.45, 2.75) is 29.8 Å².